The number of amides is 7. The van der Waals surface area contributed by atoms with Crippen LogP contribution in [0.5, 0.6) is 0 Å². The lowest BCUT2D eigenvalue weighted by Crippen LogP contribution is -2.58. The summed E-state index contributed by atoms with van der Waals surface area (Å²) < 4.78 is 15.9. The summed E-state index contributed by atoms with van der Waals surface area (Å²) in [6, 6.07) is -0.0132. The second-order valence-corrected chi connectivity index (χ2v) is 16.7. The number of hydrogen-bond acceptors (Lipinski definition) is 12. The molecule has 2 aliphatic rings. The molecule has 1 aliphatic heterocycles. The maximum atomic E-state index is 13.7. The predicted octanol–water partition coefficient (Wildman–Crippen LogP) is 2.32. The van der Waals surface area contributed by atoms with Gasteiger partial charge in [0.05, 0.1) is 12.8 Å². The predicted molar refractivity (Wildman–Crippen MR) is 222 cm³/mol. The van der Waals surface area contributed by atoms with E-state index in [1.807, 2.05) is 0 Å². The summed E-state index contributed by atoms with van der Waals surface area (Å²) in [5.41, 5.74) is 5.00. The number of unbranched alkanes of at least 4 members (excludes halogenated alkanes) is 1. The first-order chi connectivity index (χ1) is 29.2. The van der Waals surface area contributed by atoms with Crippen LogP contribution in [0.2, 0.25) is 5.02 Å². The molecule has 0 unspecified atom stereocenters. The SMILES string of the molecule is C[C@H](NC(=O)[C@H](CC(=O)OC1CCCCC1)NC(=O)[C@H](CC(N)=O)NC(=O)OC(C)(C)C)C(=O)N1CCC[C@H]1C(=O)N[C@@H](CCCCNC(=O)OCc1ccccc1Cl)C(=O)O. The number of esters is 1. The Labute approximate surface area is 365 Å². The van der Waals surface area contributed by atoms with Crippen molar-refractivity contribution in [2.24, 2.45) is 5.73 Å². The van der Waals surface area contributed by atoms with Crippen molar-refractivity contribution in [3.05, 3.63) is 34.9 Å². The van der Waals surface area contributed by atoms with E-state index in [2.05, 4.69) is 26.6 Å². The molecule has 1 saturated heterocycles. The molecule has 1 saturated carbocycles. The molecule has 0 radical (unpaired) electrons. The highest BCUT2D eigenvalue weighted by atomic mass is 35.5. The van der Waals surface area contributed by atoms with Gasteiger partial charge in [0, 0.05) is 23.7 Å². The van der Waals surface area contributed by atoms with Crippen molar-refractivity contribution < 1.29 is 62.5 Å². The van der Waals surface area contributed by atoms with Crippen molar-refractivity contribution in [2.75, 3.05) is 13.1 Å². The standard InChI is InChI=1S/C41H60ClN7O13/c1-24(45-34(52)30(22-33(51)61-26-14-6-5-7-15-26)47-35(53)29(21-32(43)50)48-40(59)62-41(2,3)4)37(55)49-20-12-18-31(49)36(54)46-28(38(56)57)17-10-11-19-44-39(58)60-23-25-13-8-9-16-27(25)42/h8-9,13,16,24,26,28-31H,5-7,10-12,14-15,17-23H2,1-4H3,(H2,43,50)(H,44,58)(H,45,52)(H,46,54)(H,47,53)(H,48,59)(H,56,57)/t24-,28-,29-,30-,31-/m0/s1. The first-order valence-electron chi connectivity index (χ1n) is 20.8. The molecule has 2 fully saturated rings. The van der Waals surface area contributed by atoms with Crippen molar-refractivity contribution in [3.8, 4) is 0 Å². The number of nitrogens with two attached hydrogens (primary N) is 1. The highest BCUT2D eigenvalue weighted by Crippen LogP contribution is 2.22. The summed E-state index contributed by atoms with van der Waals surface area (Å²) in [7, 11) is 0. The number of carboxylic acids is 1. The van der Waals surface area contributed by atoms with Gasteiger partial charge in [-0.2, -0.15) is 0 Å². The molecule has 1 aromatic carbocycles. The maximum absolute atomic E-state index is 13.7. The summed E-state index contributed by atoms with van der Waals surface area (Å²) in [6.07, 6.45) is 1.79. The molecule has 0 bridgehead atoms. The molecule has 62 heavy (non-hydrogen) atoms. The number of primary amides is 1. The van der Waals surface area contributed by atoms with E-state index in [9.17, 15) is 48.3 Å². The smallest absolute Gasteiger partial charge is 0.408 e. The Balaban J connectivity index is 1.61. The van der Waals surface area contributed by atoms with E-state index in [0.717, 1.165) is 19.3 Å². The van der Waals surface area contributed by atoms with Crippen LogP contribution >= 0.6 is 11.6 Å². The van der Waals surface area contributed by atoms with Crippen LogP contribution in [0.1, 0.15) is 110 Å². The monoisotopic (exact) mass is 893 g/mol. The number of likely N-dealkylation sites (tertiary alicyclic amines) is 1. The topological polar surface area (TPSA) is 291 Å². The number of benzene rings is 1. The summed E-state index contributed by atoms with van der Waals surface area (Å²) in [4.78, 5) is 117. The minimum Gasteiger partial charge on any atom is -0.480 e. The van der Waals surface area contributed by atoms with Gasteiger partial charge in [-0.05, 0) is 91.5 Å². The van der Waals surface area contributed by atoms with Gasteiger partial charge < -0.3 is 56.5 Å². The van der Waals surface area contributed by atoms with Crippen LogP contribution in [0.4, 0.5) is 9.59 Å². The van der Waals surface area contributed by atoms with Gasteiger partial charge >= 0.3 is 24.1 Å². The van der Waals surface area contributed by atoms with Crippen molar-refractivity contribution in [2.45, 2.75) is 153 Å². The zero-order chi connectivity index (χ0) is 46.0. The number of nitrogens with one attached hydrogen (secondary N) is 5. The second kappa shape index (κ2) is 24.7. The average molecular weight is 894 g/mol. The third kappa shape index (κ3) is 17.7. The number of ether oxygens (including phenoxy) is 3. The van der Waals surface area contributed by atoms with Gasteiger partial charge in [-0.15, -0.1) is 0 Å². The fraction of sp³-hybridized carbons (Fsp3) is 0.634. The lowest BCUT2D eigenvalue weighted by Gasteiger charge is -2.29. The number of nitrogens with zero attached hydrogens (tertiary/aromatic N) is 1. The zero-order valence-corrected chi connectivity index (χ0v) is 36.4. The molecule has 8 N–H and O–H groups in total. The van der Waals surface area contributed by atoms with Crippen molar-refractivity contribution in [1.82, 2.24) is 31.5 Å². The minimum absolute atomic E-state index is 0.0223. The highest BCUT2D eigenvalue weighted by molar-refractivity contribution is 6.31. The molecule has 344 valence electrons. The van der Waals surface area contributed by atoms with Gasteiger partial charge in [0.2, 0.25) is 29.5 Å². The molecule has 20 nitrogen and oxygen atoms in total. The summed E-state index contributed by atoms with van der Waals surface area (Å²) >= 11 is 6.07. The second-order valence-electron chi connectivity index (χ2n) is 16.3. The van der Waals surface area contributed by atoms with Crippen LogP contribution in [0.25, 0.3) is 0 Å². The normalized spacial score (nSPS) is 17.2. The quantitative estimate of drug-likeness (QED) is 0.0531. The number of aliphatic carboxylic acids is 1. The van der Waals surface area contributed by atoms with Gasteiger partial charge in [-0.1, -0.05) is 36.2 Å². The molecule has 0 aromatic heterocycles. The van der Waals surface area contributed by atoms with Crippen molar-refractivity contribution in [3.63, 3.8) is 0 Å². The van der Waals surface area contributed by atoms with Gasteiger partial charge in [0.25, 0.3) is 0 Å². The Morgan fingerprint density at radius 3 is 2.15 bits per heavy atom. The Hall–Kier alpha value is -5.66. The third-order valence-electron chi connectivity index (χ3n) is 9.95. The fourth-order valence-corrected chi connectivity index (χ4v) is 7.04. The maximum Gasteiger partial charge on any atom is 0.408 e. The molecule has 1 aliphatic carbocycles. The third-order valence-corrected chi connectivity index (χ3v) is 10.3. The summed E-state index contributed by atoms with van der Waals surface area (Å²) in [5.74, 6) is -6.50. The van der Waals surface area contributed by atoms with Gasteiger partial charge in [0.1, 0.15) is 48.5 Å². The Morgan fingerprint density at radius 2 is 1.50 bits per heavy atom. The van der Waals surface area contributed by atoms with E-state index < -0.39 is 102 Å². The molecule has 5 atom stereocenters. The largest absolute Gasteiger partial charge is 0.480 e. The molecule has 1 heterocycles. The molecular weight excluding hydrogens is 834 g/mol. The highest BCUT2D eigenvalue weighted by Gasteiger charge is 2.39. The van der Waals surface area contributed by atoms with E-state index in [4.69, 9.17) is 31.5 Å². The minimum atomic E-state index is -1.65. The van der Waals surface area contributed by atoms with Crippen molar-refractivity contribution >= 4 is 65.3 Å². The zero-order valence-electron chi connectivity index (χ0n) is 35.6. The lowest BCUT2D eigenvalue weighted by atomic mass is 9.98. The molecule has 0 spiro atoms. The van der Waals surface area contributed by atoms with Crippen LogP contribution in [0.3, 0.4) is 0 Å². The van der Waals surface area contributed by atoms with E-state index >= 15 is 0 Å². The Bertz CT molecular complexity index is 1770. The first-order valence-corrected chi connectivity index (χ1v) is 21.2. The van der Waals surface area contributed by atoms with Crippen molar-refractivity contribution in [1.29, 1.82) is 0 Å². The summed E-state index contributed by atoms with van der Waals surface area (Å²) in [5, 5.41) is 22.5. The summed E-state index contributed by atoms with van der Waals surface area (Å²) in [6.45, 7) is 6.35. The fourth-order valence-electron chi connectivity index (χ4n) is 6.85. The van der Waals surface area contributed by atoms with E-state index in [1.54, 1.807) is 45.0 Å². The molecule has 3 rings (SSSR count). The van der Waals surface area contributed by atoms with Crippen LogP contribution in [0, 0.1) is 0 Å². The van der Waals surface area contributed by atoms with Crippen LogP contribution in [-0.2, 0) is 54.4 Å². The number of carbonyl (C=O) groups excluding carboxylic acids is 8. The number of rotatable bonds is 21. The van der Waals surface area contributed by atoms with Crippen LogP contribution < -0.4 is 32.3 Å². The van der Waals surface area contributed by atoms with E-state index in [1.165, 1.54) is 11.8 Å². The number of alkyl carbamates (subject to hydrolysis) is 2. The van der Waals surface area contributed by atoms with Crippen LogP contribution in [0.15, 0.2) is 24.3 Å². The van der Waals surface area contributed by atoms with E-state index in [0.29, 0.717) is 42.7 Å². The molecule has 21 heteroatoms. The lowest BCUT2D eigenvalue weighted by molar-refractivity contribution is -0.152. The average Bonchev–Trinajstić information content (AvgIpc) is 3.69. The van der Waals surface area contributed by atoms with Gasteiger partial charge in [-0.25, -0.2) is 14.4 Å². The van der Waals surface area contributed by atoms with Gasteiger partial charge in [-0.3, -0.25) is 28.8 Å². The van der Waals surface area contributed by atoms with Gasteiger partial charge in [0.15, 0.2) is 0 Å². The van der Waals surface area contributed by atoms with Crippen LogP contribution in [-0.4, -0.2) is 119 Å². The Morgan fingerprint density at radius 1 is 0.839 bits per heavy atom. The number of halogens is 1. The Kier molecular flexibility index (Phi) is 20.2. The van der Waals surface area contributed by atoms with E-state index in [-0.39, 0.29) is 38.6 Å². The molecule has 7 amide bonds. The molecule has 1 aromatic rings. The first kappa shape index (κ1) is 50.7. The number of carboxylic acid groups (broad SMARTS) is 1. The number of carbonyl (C=O) groups is 9. The number of hydrogen-bond donors (Lipinski definition) is 7. The molecular formula is C41H60ClN7O13.